The van der Waals surface area contributed by atoms with Crippen LogP contribution in [0, 0.1) is 6.92 Å². The number of fused-ring (bicyclic) bond motifs is 3. The molecule has 3 aromatic heterocycles. The first-order valence-corrected chi connectivity index (χ1v) is 9.62. The molecule has 0 aliphatic heterocycles. The van der Waals surface area contributed by atoms with Crippen LogP contribution in [0.2, 0.25) is 0 Å². The summed E-state index contributed by atoms with van der Waals surface area (Å²) in [6.45, 7) is 2.99. The van der Waals surface area contributed by atoms with Crippen molar-refractivity contribution in [2.45, 2.75) is 51.9 Å². The van der Waals surface area contributed by atoms with E-state index < -0.39 is 0 Å². The summed E-state index contributed by atoms with van der Waals surface area (Å²) < 4.78 is 0. The lowest BCUT2D eigenvalue weighted by Crippen LogP contribution is -2.06. The number of hydrogen-bond acceptors (Lipinski definition) is 5. The molecule has 0 amide bonds. The molecule has 0 bridgehead atoms. The predicted molar refractivity (Wildman–Crippen MR) is 98.8 cm³/mol. The highest BCUT2D eigenvalue weighted by Crippen LogP contribution is 2.37. The van der Waals surface area contributed by atoms with Crippen LogP contribution in [0.15, 0.2) is 12.5 Å². The summed E-state index contributed by atoms with van der Waals surface area (Å²) in [6, 6.07) is 0. The molecule has 1 aliphatic rings. The summed E-state index contributed by atoms with van der Waals surface area (Å²) in [5.74, 6) is 1.02. The number of nitrogens with zero attached hydrogens (tertiary/aromatic N) is 3. The van der Waals surface area contributed by atoms with Gasteiger partial charge in [0.1, 0.15) is 17.0 Å². The Morgan fingerprint density at radius 3 is 3.00 bits per heavy atom. The van der Waals surface area contributed by atoms with Crippen molar-refractivity contribution in [3.63, 3.8) is 0 Å². The average molecular weight is 341 g/mol. The summed E-state index contributed by atoms with van der Waals surface area (Å²) in [6.07, 6.45) is 12.0. The molecule has 2 N–H and O–H groups in total. The zero-order chi connectivity index (χ0) is 16.4. The molecule has 126 valence electrons. The Labute approximate surface area is 145 Å². The Morgan fingerprint density at radius 1 is 1.21 bits per heavy atom. The first kappa shape index (κ1) is 15.6. The van der Waals surface area contributed by atoms with Gasteiger partial charge in [-0.3, -0.25) is 5.10 Å². The van der Waals surface area contributed by atoms with Crippen LogP contribution < -0.4 is 5.32 Å². The Bertz CT molecular complexity index is 835. The number of hydrogen-bond donors (Lipinski definition) is 2. The van der Waals surface area contributed by atoms with Crippen molar-refractivity contribution >= 4 is 27.4 Å². The van der Waals surface area contributed by atoms with Crippen LogP contribution >= 0.6 is 11.3 Å². The van der Waals surface area contributed by atoms with Crippen LogP contribution in [0.25, 0.3) is 10.2 Å². The highest BCUT2D eigenvalue weighted by molar-refractivity contribution is 7.18. The fourth-order valence-electron chi connectivity index (χ4n) is 3.51. The number of anilines is 1. The van der Waals surface area contributed by atoms with E-state index in [4.69, 9.17) is 0 Å². The fraction of sp³-hybridized carbons (Fsp3) is 0.500. The van der Waals surface area contributed by atoms with E-state index in [0.717, 1.165) is 30.0 Å². The SMILES string of the molecule is Cc1[nH]ncc1CCCNc1ncnc2sc3c(c12)CCCCC3. The average Bonchev–Trinajstić information content (AvgIpc) is 3.08. The standard InChI is InChI=1S/C18H23N5S/c1-12-13(10-22-23-12)6-5-9-19-17-16-14-7-3-2-4-8-15(14)24-18(16)21-11-20-17/h10-11H,2-9H2,1H3,(H,22,23)(H,19,20,21). The molecule has 24 heavy (non-hydrogen) atoms. The van der Waals surface area contributed by atoms with Crippen molar-refractivity contribution in [2.24, 2.45) is 0 Å². The van der Waals surface area contributed by atoms with E-state index in [1.54, 1.807) is 6.33 Å². The predicted octanol–water partition coefficient (Wildman–Crippen LogP) is 4.04. The van der Waals surface area contributed by atoms with Gasteiger partial charge in [0.15, 0.2) is 0 Å². The number of rotatable bonds is 5. The molecule has 0 saturated heterocycles. The molecule has 0 fully saturated rings. The third-order valence-electron chi connectivity index (χ3n) is 4.85. The van der Waals surface area contributed by atoms with Gasteiger partial charge in [-0.25, -0.2) is 9.97 Å². The van der Waals surface area contributed by atoms with E-state index in [1.165, 1.54) is 59.2 Å². The zero-order valence-electron chi connectivity index (χ0n) is 14.1. The summed E-state index contributed by atoms with van der Waals surface area (Å²) in [5.41, 5.74) is 3.97. The molecule has 3 heterocycles. The van der Waals surface area contributed by atoms with Crippen molar-refractivity contribution in [3.8, 4) is 0 Å². The number of aryl methyl sites for hydroxylation is 4. The molecule has 0 atom stereocenters. The second kappa shape index (κ2) is 6.89. The largest absolute Gasteiger partial charge is 0.369 e. The topological polar surface area (TPSA) is 66.5 Å². The quantitative estimate of drug-likeness (QED) is 0.543. The minimum Gasteiger partial charge on any atom is -0.369 e. The summed E-state index contributed by atoms with van der Waals surface area (Å²) in [5, 5.41) is 11.9. The molecule has 0 saturated carbocycles. The Morgan fingerprint density at radius 2 is 2.12 bits per heavy atom. The molecule has 0 aromatic carbocycles. The minimum absolute atomic E-state index is 0.918. The van der Waals surface area contributed by atoms with E-state index in [9.17, 15) is 0 Å². The van der Waals surface area contributed by atoms with Crippen LogP contribution in [0.5, 0.6) is 0 Å². The lowest BCUT2D eigenvalue weighted by Gasteiger charge is -2.08. The normalized spacial score (nSPS) is 14.5. The second-order valence-electron chi connectivity index (χ2n) is 6.52. The van der Waals surface area contributed by atoms with E-state index in [1.807, 2.05) is 17.5 Å². The van der Waals surface area contributed by atoms with E-state index in [2.05, 4.69) is 32.4 Å². The Balaban J connectivity index is 1.49. The molecule has 5 nitrogen and oxygen atoms in total. The van der Waals surface area contributed by atoms with Gasteiger partial charge in [0.2, 0.25) is 0 Å². The molecule has 3 aromatic rings. The van der Waals surface area contributed by atoms with Gasteiger partial charge in [0.05, 0.1) is 11.6 Å². The van der Waals surface area contributed by atoms with Crippen molar-refractivity contribution in [3.05, 3.63) is 34.2 Å². The Kier molecular flexibility index (Phi) is 4.47. The smallest absolute Gasteiger partial charge is 0.138 e. The molecule has 0 spiro atoms. The van der Waals surface area contributed by atoms with Crippen molar-refractivity contribution in [2.75, 3.05) is 11.9 Å². The van der Waals surface area contributed by atoms with Gasteiger partial charge in [-0.05, 0) is 56.6 Å². The lowest BCUT2D eigenvalue weighted by molar-refractivity contribution is 0.713. The van der Waals surface area contributed by atoms with Gasteiger partial charge in [-0.1, -0.05) is 6.42 Å². The maximum absolute atomic E-state index is 4.54. The molecular formula is C18H23N5S. The molecule has 0 unspecified atom stereocenters. The van der Waals surface area contributed by atoms with E-state index >= 15 is 0 Å². The summed E-state index contributed by atoms with van der Waals surface area (Å²) >= 11 is 1.86. The van der Waals surface area contributed by atoms with E-state index in [0.29, 0.717) is 0 Å². The van der Waals surface area contributed by atoms with Gasteiger partial charge < -0.3 is 5.32 Å². The van der Waals surface area contributed by atoms with Crippen LogP contribution in [0.4, 0.5) is 5.82 Å². The summed E-state index contributed by atoms with van der Waals surface area (Å²) in [7, 11) is 0. The highest BCUT2D eigenvalue weighted by Gasteiger charge is 2.18. The Hall–Kier alpha value is -1.95. The number of aromatic amines is 1. The van der Waals surface area contributed by atoms with Gasteiger partial charge in [-0.15, -0.1) is 11.3 Å². The van der Waals surface area contributed by atoms with Gasteiger partial charge in [0.25, 0.3) is 0 Å². The first-order valence-electron chi connectivity index (χ1n) is 8.81. The number of nitrogens with one attached hydrogen (secondary N) is 2. The number of aromatic nitrogens is 4. The number of H-pyrrole nitrogens is 1. The maximum Gasteiger partial charge on any atom is 0.138 e. The minimum atomic E-state index is 0.918. The lowest BCUT2D eigenvalue weighted by atomic mass is 10.1. The first-order chi connectivity index (χ1) is 11.8. The van der Waals surface area contributed by atoms with Gasteiger partial charge in [-0.2, -0.15) is 5.10 Å². The van der Waals surface area contributed by atoms with Crippen molar-refractivity contribution in [1.29, 1.82) is 0 Å². The third kappa shape index (κ3) is 3.02. The second-order valence-corrected chi connectivity index (χ2v) is 7.60. The molecule has 6 heteroatoms. The van der Waals surface area contributed by atoms with Crippen molar-refractivity contribution < 1.29 is 0 Å². The number of thiophene rings is 1. The third-order valence-corrected chi connectivity index (χ3v) is 6.05. The summed E-state index contributed by atoms with van der Waals surface area (Å²) in [4.78, 5) is 11.7. The highest BCUT2D eigenvalue weighted by atomic mass is 32.1. The van der Waals surface area contributed by atoms with Crippen LogP contribution in [-0.4, -0.2) is 26.7 Å². The van der Waals surface area contributed by atoms with Crippen LogP contribution in [-0.2, 0) is 19.3 Å². The molecule has 1 aliphatic carbocycles. The van der Waals surface area contributed by atoms with Gasteiger partial charge >= 0.3 is 0 Å². The zero-order valence-corrected chi connectivity index (χ0v) is 14.9. The fourth-order valence-corrected chi connectivity index (χ4v) is 4.74. The maximum atomic E-state index is 4.54. The molecular weight excluding hydrogens is 318 g/mol. The molecule has 4 rings (SSSR count). The van der Waals surface area contributed by atoms with E-state index in [-0.39, 0.29) is 0 Å². The van der Waals surface area contributed by atoms with Crippen LogP contribution in [0.3, 0.4) is 0 Å². The van der Waals surface area contributed by atoms with Crippen LogP contribution in [0.1, 0.15) is 47.4 Å². The monoisotopic (exact) mass is 341 g/mol. The van der Waals surface area contributed by atoms with Gasteiger partial charge in [0, 0.05) is 17.1 Å². The molecule has 0 radical (unpaired) electrons. The van der Waals surface area contributed by atoms with Crippen molar-refractivity contribution in [1.82, 2.24) is 20.2 Å².